The maximum Gasteiger partial charge on any atom is 0.311 e. The molecule has 2 atom stereocenters. The molecule has 0 radical (unpaired) electrons. The van der Waals surface area contributed by atoms with Gasteiger partial charge < -0.3 is 19.9 Å². The highest BCUT2D eigenvalue weighted by Gasteiger charge is 2.34. The average molecular weight is 245 g/mol. The molecular formula is C11H19NO5. The van der Waals surface area contributed by atoms with E-state index >= 15 is 0 Å². The highest BCUT2D eigenvalue weighted by atomic mass is 16.5. The largest absolute Gasteiger partial charge is 0.481 e. The smallest absolute Gasteiger partial charge is 0.311 e. The fourth-order valence-corrected chi connectivity index (χ4v) is 1.70. The molecule has 6 nitrogen and oxygen atoms in total. The number of carboxylic acid groups (broad SMARTS) is 1. The van der Waals surface area contributed by atoms with Crippen LogP contribution in [-0.4, -0.2) is 49.5 Å². The van der Waals surface area contributed by atoms with Gasteiger partial charge in [0.1, 0.15) is 5.92 Å². The third kappa shape index (κ3) is 4.70. The summed E-state index contributed by atoms with van der Waals surface area (Å²) in [7, 11) is 0. The lowest BCUT2D eigenvalue weighted by atomic mass is 10.0. The molecule has 1 saturated heterocycles. The van der Waals surface area contributed by atoms with Gasteiger partial charge >= 0.3 is 5.97 Å². The van der Waals surface area contributed by atoms with Gasteiger partial charge in [-0.1, -0.05) is 0 Å². The van der Waals surface area contributed by atoms with Crippen LogP contribution < -0.4 is 5.32 Å². The van der Waals surface area contributed by atoms with Gasteiger partial charge in [-0.3, -0.25) is 9.59 Å². The predicted octanol–water partition coefficient (Wildman–Crippen LogP) is 0.0189. The molecule has 0 aliphatic carbocycles. The zero-order chi connectivity index (χ0) is 12.7. The van der Waals surface area contributed by atoms with E-state index in [4.69, 9.17) is 14.6 Å². The molecule has 6 heteroatoms. The zero-order valence-corrected chi connectivity index (χ0v) is 9.98. The number of hydrogen-bond acceptors (Lipinski definition) is 4. The molecule has 1 rings (SSSR count). The highest BCUT2D eigenvalue weighted by molar-refractivity contribution is 5.78. The fourth-order valence-electron chi connectivity index (χ4n) is 1.70. The van der Waals surface area contributed by atoms with E-state index in [0.29, 0.717) is 26.1 Å². The average Bonchev–Trinajstić information content (AvgIpc) is 2.72. The molecule has 0 spiro atoms. The molecule has 0 aromatic heterocycles. The molecule has 1 aliphatic rings. The lowest BCUT2D eigenvalue weighted by molar-refractivity contribution is -0.142. The summed E-state index contributed by atoms with van der Waals surface area (Å²) in [5, 5.41) is 11.6. The Morgan fingerprint density at radius 1 is 1.47 bits per heavy atom. The summed E-state index contributed by atoms with van der Waals surface area (Å²) in [5.41, 5.74) is 0. The molecule has 0 saturated carbocycles. The monoisotopic (exact) mass is 245 g/mol. The van der Waals surface area contributed by atoms with Gasteiger partial charge in [-0.2, -0.15) is 0 Å². The Kier molecular flexibility index (Phi) is 5.93. The molecule has 98 valence electrons. The van der Waals surface area contributed by atoms with Crippen molar-refractivity contribution < 1.29 is 24.2 Å². The summed E-state index contributed by atoms with van der Waals surface area (Å²) in [6, 6.07) is -0.410. The van der Waals surface area contributed by atoms with Gasteiger partial charge in [0, 0.05) is 19.6 Å². The van der Waals surface area contributed by atoms with E-state index in [9.17, 15) is 9.59 Å². The minimum atomic E-state index is -0.929. The fraction of sp³-hybridized carbons (Fsp3) is 0.818. The minimum absolute atomic E-state index is 0.147. The van der Waals surface area contributed by atoms with Gasteiger partial charge in [-0.15, -0.1) is 0 Å². The molecule has 1 aliphatic heterocycles. The van der Waals surface area contributed by atoms with Gasteiger partial charge in [-0.25, -0.2) is 0 Å². The SMILES string of the molecule is CCOCCCC(=O)NC1COCC1C(=O)O. The molecule has 0 aromatic rings. The van der Waals surface area contributed by atoms with Crippen molar-refractivity contribution in [2.75, 3.05) is 26.4 Å². The second-order valence-corrected chi connectivity index (χ2v) is 3.96. The summed E-state index contributed by atoms with van der Waals surface area (Å²) in [6.07, 6.45) is 0.994. The van der Waals surface area contributed by atoms with Crippen LogP contribution in [0.15, 0.2) is 0 Å². The van der Waals surface area contributed by atoms with Crippen LogP contribution in [0.5, 0.6) is 0 Å². The number of amides is 1. The van der Waals surface area contributed by atoms with Crippen molar-refractivity contribution in [1.82, 2.24) is 5.32 Å². The molecule has 2 N–H and O–H groups in total. The van der Waals surface area contributed by atoms with E-state index in [1.807, 2.05) is 6.92 Å². The number of rotatable bonds is 7. The maximum atomic E-state index is 11.5. The van der Waals surface area contributed by atoms with Crippen molar-refractivity contribution in [3.05, 3.63) is 0 Å². The van der Waals surface area contributed by atoms with Crippen LogP contribution in [0.25, 0.3) is 0 Å². The van der Waals surface area contributed by atoms with Crippen LogP contribution in [0, 0.1) is 5.92 Å². The Morgan fingerprint density at radius 3 is 2.88 bits per heavy atom. The van der Waals surface area contributed by atoms with E-state index in [1.165, 1.54) is 0 Å². The standard InChI is InChI=1S/C11H19NO5/c1-2-16-5-3-4-10(13)12-9-7-17-6-8(9)11(14)15/h8-9H,2-7H2,1H3,(H,12,13)(H,14,15). The van der Waals surface area contributed by atoms with Crippen LogP contribution in [0.3, 0.4) is 0 Å². The Labute approximate surface area is 100 Å². The summed E-state index contributed by atoms with van der Waals surface area (Å²) in [6.45, 7) is 3.52. The first kappa shape index (κ1) is 13.9. The summed E-state index contributed by atoms with van der Waals surface area (Å²) < 4.78 is 10.2. The zero-order valence-electron chi connectivity index (χ0n) is 9.98. The van der Waals surface area contributed by atoms with Crippen LogP contribution in [0.2, 0.25) is 0 Å². The number of ether oxygens (including phenoxy) is 2. The summed E-state index contributed by atoms with van der Waals surface area (Å²) in [4.78, 5) is 22.4. The molecule has 2 unspecified atom stereocenters. The van der Waals surface area contributed by atoms with Crippen LogP contribution in [0.4, 0.5) is 0 Å². The second-order valence-electron chi connectivity index (χ2n) is 3.96. The molecule has 1 heterocycles. The highest BCUT2D eigenvalue weighted by Crippen LogP contribution is 2.14. The molecule has 0 bridgehead atoms. The van der Waals surface area contributed by atoms with Crippen molar-refractivity contribution in [2.24, 2.45) is 5.92 Å². The third-order valence-electron chi connectivity index (χ3n) is 2.64. The van der Waals surface area contributed by atoms with Crippen molar-refractivity contribution in [2.45, 2.75) is 25.8 Å². The van der Waals surface area contributed by atoms with Gasteiger partial charge in [0.05, 0.1) is 19.3 Å². The van der Waals surface area contributed by atoms with Crippen molar-refractivity contribution in [3.8, 4) is 0 Å². The Bertz CT molecular complexity index is 269. The van der Waals surface area contributed by atoms with Crippen LogP contribution >= 0.6 is 0 Å². The molecular weight excluding hydrogens is 226 g/mol. The van der Waals surface area contributed by atoms with E-state index in [0.717, 1.165) is 0 Å². The number of carboxylic acids is 1. The number of aliphatic carboxylic acids is 1. The van der Waals surface area contributed by atoms with Crippen molar-refractivity contribution >= 4 is 11.9 Å². The van der Waals surface area contributed by atoms with Crippen LogP contribution in [-0.2, 0) is 19.1 Å². The second kappa shape index (κ2) is 7.24. The first-order valence-corrected chi connectivity index (χ1v) is 5.82. The van der Waals surface area contributed by atoms with Crippen LogP contribution in [0.1, 0.15) is 19.8 Å². The molecule has 0 aromatic carbocycles. The normalized spacial score (nSPS) is 23.6. The molecule has 1 fully saturated rings. The topological polar surface area (TPSA) is 84.9 Å². The number of carbonyl (C=O) groups excluding carboxylic acids is 1. The molecule has 1 amide bonds. The Hall–Kier alpha value is -1.14. The number of hydrogen-bond donors (Lipinski definition) is 2. The van der Waals surface area contributed by atoms with Crippen molar-refractivity contribution in [1.29, 1.82) is 0 Å². The lowest BCUT2D eigenvalue weighted by Gasteiger charge is -2.15. The Morgan fingerprint density at radius 2 is 2.24 bits per heavy atom. The van der Waals surface area contributed by atoms with E-state index < -0.39 is 17.9 Å². The number of nitrogens with one attached hydrogen (secondary N) is 1. The van der Waals surface area contributed by atoms with E-state index in [2.05, 4.69) is 5.32 Å². The van der Waals surface area contributed by atoms with Gasteiger partial charge in [0.25, 0.3) is 0 Å². The van der Waals surface area contributed by atoms with Gasteiger partial charge in [0.15, 0.2) is 0 Å². The lowest BCUT2D eigenvalue weighted by Crippen LogP contribution is -2.42. The van der Waals surface area contributed by atoms with E-state index in [-0.39, 0.29) is 19.1 Å². The first-order valence-electron chi connectivity index (χ1n) is 5.82. The predicted molar refractivity (Wildman–Crippen MR) is 59.6 cm³/mol. The minimum Gasteiger partial charge on any atom is -0.481 e. The summed E-state index contributed by atoms with van der Waals surface area (Å²) >= 11 is 0. The first-order chi connectivity index (χ1) is 8.15. The summed E-state index contributed by atoms with van der Waals surface area (Å²) in [5.74, 6) is -1.71. The van der Waals surface area contributed by atoms with E-state index in [1.54, 1.807) is 0 Å². The Balaban J connectivity index is 2.23. The number of carbonyl (C=O) groups is 2. The maximum absolute atomic E-state index is 11.5. The molecule has 17 heavy (non-hydrogen) atoms. The van der Waals surface area contributed by atoms with Gasteiger partial charge in [-0.05, 0) is 13.3 Å². The third-order valence-corrected chi connectivity index (χ3v) is 2.64. The quantitative estimate of drug-likeness (QED) is 0.618. The van der Waals surface area contributed by atoms with Gasteiger partial charge in [0.2, 0.25) is 5.91 Å². The van der Waals surface area contributed by atoms with Crippen molar-refractivity contribution in [3.63, 3.8) is 0 Å².